The molecule has 2 aromatic rings. The quantitative estimate of drug-likeness (QED) is 0.545. The van der Waals surface area contributed by atoms with Crippen molar-refractivity contribution in [3.05, 3.63) is 74.8 Å². The highest BCUT2D eigenvalue weighted by molar-refractivity contribution is 6.34. The first kappa shape index (κ1) is 27.0. The normalized spacial score (nSPS) is 21.3. The number of aliphatic hydroxyl groups excluding tert-OH is 1. The maximum Gasteiger partial charge on any atom is 0.410 e. The summed E-state index contributed by atoms with van der Waals surface area (Å²) in [5.74, 6) is 0.0900. The lowest BCUT2D eigenvalue weighted by atomic mass is 9.95. The zero-order valence-electron chi connectivity index (χ0n) is 21.5. The number of β-amino-alcohol motifs (C(OH)–C–C–N with tert-alkyl or cyclic N) is 1. The molecule has 202 valence electrons. The number of ether oxygens (including phenoxy) is 1. The minimum atomic E-state index is -0.390. The molecule has 1 saturated heterocycles. The van der Waals surface area contributed by atoms with Crippen molar-refractivity contribution in [2.45, 2.75) is 44.4 Å². The summed E-state index contributed by atoms with van der Waals surface area (Å²) in [6, 6.07) is 11.6. The lowest BCUT2D eigenvalue weighted by Gasteiger charge is -2.28. The Hall–Kier alpha value is -2.58. The lowest BCUT2D eigenvalue weighted by Crippen LogP contribution is -2.41. The van der Waals surface area contributed by atoms with E-state index in [2.05, 4.69) is 29.2 Å². The van der Waals surface area contributed by atoms with Crippen LogP contribution in [0.3, 0.4) is 0 Å². The highest BCUT2D eigenvalue weighted by atomic mass is 35.5. The van der Waals surface area contributed by atoms with Gasteiger partial charge in [-0.3, -0.25) is 9.69 Å². The number of nitrogens with zero attached hydrogens (tertiary/aromatic N) is 3. The molecule has 9 heteroatoms. The lowest BCUT2D eigenvalue weighted by molar-refractivity contribution is -0.131. The maximum atomic E-state index is 12.9. The Bertz CT molecular complexity index is 1230. The molecule has 2 aliphatic heterocycles. The number of halogens is 2. The molecule has 0 radical (unpaired) electrons. The van der Waals surface area contributed by atoms with E-state index in [1.165, 1.54) is 22.3 Å². The summed E-state index contributed by atoms with van der Waals surface area (Å²) in [7, 11) is 1.79. The Morgan fingerprint density at radius 3 is 2.55 bits per heavy atom. The van der Waals surface area contributed by atoms with Crippen LogP contribution < -0.4 is 0 Å². The van der Waals surface area contributed by atoms with Crippen LogP contribution in [0.1, 0.15) is 47.6 Å². The van der Waals surface area contributed by atoms with Crippen LogP contribution in [-0.2, 0) is 22.6 Å². The van der Waals surface area contributed by atoms with Crippen LogP contribution in [0.4, 0.5) is 4.79 Å². The zero-order chi connectivity index (χ0) is 26.8. The molecule has 5 rings (SSSR count). The van der Waals surface area contributed by atoms with Crippen molar-refractivity contribution in [2.24, 2.45) is 0 Å². The standard InChI is InChI=1S/C29H33Cl2N3O4/c1-32(29(37)38-18-19-12-23(30)15-24(31)13-19)27-5-4-21-2-3-22(14-26(21)27)20-6-9-33(10-7-20)17-28(36)34-11-8-25(35)16-34/h2-3,6,12-15,25,27,35H,4-5,7-11,16-18H2,1H3/t25-,27?/m1/s1. The molecule has 3 aliphatic rings. The fourth-order valence-electron chi connectivity index (χ4n) is 5.63. The van der Waals surface area contributed by atoms with Crippen LogP contribution in [0.15, 0.2) is 42.5 Å². The monoisotopic (exact) mass is 557 g/mol. The van der Waals surface area contributed by atoms with Gasteiger partial charge in [-0.15, -0.1) is 0 Å². The molecular formula is C29H33Cl2N3O4. The van der Waals surface area contributed by atoms with Crippen molar-refractivity contribution in [2.75, 3.05) is 39.8 Å². The number of carbonyl (C=O) groups is 2. The van der Waals surface area contributed by atoms with E-state index in [0.29, 0.717) is 36.1 Å². The Kier molecular flexibility index (Phi) is 8.29. The first-order valence-electron chi connectivity index (χ1n) is 13.1. The van der Waals surface area contributed by atoms with Crippen LogP contribution >= 0.6 is 23.2 Å². The summed E-state index contributed by atoms with van der Waals surface area (Å²) in [5.41, 5.74) is 5.60. The minimum Gasteiger partial charge on any atom is -0.445 e. The van der Waals surface area contributed by atoms with Crippen molar-refractivity contribution in [1.29, 1.82) is 0 Å². The molecule has 0 aromatic heterocycles. The number of amides is 2. The molecule has 1 unspecified atom stereocenters. The third-order valence-corrected chi connectivity index (χ3v) is 8.21. The van der Waals surface area contributed by atoms with Gasteiger partial charge in [0.15, 0.2) is 0 Å². The van der Waals surface area contributed by atoms with Crippen LogP contribution in [0, 0.1) is 0 Å². The van der Waals surface area contributed by atoms with Crippen molar-refractivity contribution in [3.8, 4) is 0 Å². The Morgan fingerprint density at radius 2 is 1.87 bits per heavy atom. The van der Waals surface area contributed by atoms with Crippen molar-refractivity contribution in [3.63, 3.8) is 0 Å². The summed E-state index contributed by atoms with van der Waals surface area (Å²) < 4.78 is 5.57. The number of rotatable bonds is 6. The molecule has 2 aromatic carbocycles. The molecule has 2 heterocycles. The largest absolute Gasteiger partial charge is 0.445 e. The average Bonchev–Trinajstić information content (AvgIpc) is 3.52. The third-order valence-electron chi connectivity index (χ3n) is 7.77. The highest BCUT2D eigenvalue weighted by Crippen LogP contribution is 2.38. The Labute approximate surface area is 233 Å². The third kappa shape index (κ3) is 6.18. The van der Waals surface area contributed by atoms with E-state index in [1.807, 2.05) is 0 Å². The van der Waals surface area contributed by atoms with Gasteiger partial charge >= 0.3 is 6.09 Å². The number of aryl methyl sites for hydroxylation is 1. The molecular weight excluding hydrogens is 525 g/mol. The van der Waals surface area contributed by atoms with Crippen molar-refractivity contribution in [1.82, 2.24) is 14.7 Å². The smallest absolute Gasteiger partial charge is 0.410 e. The van der Waals surface area contributed by atoms with E-state index in [1.54, 1.807) is 35.0 Å². The van der Waals surface area contributed by atoms with Crippen LogP contribution in [-0.4, -0.2) is 77.7 Å². The fraction of sp³-hybridized carbons (Fsp3) is 0.448. The second kappa shape index (κ2) is 11.7. The van der Waals surface area contributed by atoms with Crippen molar-refractivity contribution >= 4 is 40.8 Å². The number of benzene rings is 2. The number of likely N-dealkylation sites (tertiary alicyclic amines) is 1. The van der Waals surface area contributed by atoms with E-state index in [-0.39, 0.29) is 24.6 Å². The van der Waals surface area contributed by atoms with E-state index in [9.17, 15) is 14.7 Å². The molecule has 1 aliphatic carbocycles. The van der Waals surface area contributed by atoms with Crippen molar-refractivity contribution < 1.29 is 19.4 Å². The maximum absolute atomic E-state index is 12.9. The number of hydrogen-bond acceptors (Lipinski definition) is 5. The van der Waals surface area contributed by atoms with Gasteiger partial charge in [0.25, 0.3) is 0 Å². The second-order valence-electron chi connectivity index (χ2n) is 10.4. The van der Waals surface area contributed by atoms with E-state index < -0.39 is 6.10 Å². The number of aliphatic hydroxyl groups is 1. The molecule has 0 saturated carbocycles. The summed E-state index contributed by atoms with van der Waals surface area (Å²) >= 11 is 12.1. The summed E-state index contributed by atoms with van der Waals surface area (Å²) in [6.07, 6.45) is 4.73. The summed E-state index contributed by atoms with van der Waals surface area (Å²) in [5, 5.41) is 10.7. The molecule has 7 nitrogen and oxygen atoms in total. The summed E-state index contributed by atoms with van der Waals surface area (Å²) in [6.45, 7) is 3.11. The second-order valence-corrected chi connectivity index (χ2v) is 11.3. The predicted octanol–water partition coefficient (Wildman–Crippen LogP) is 4.93. The van der Waals surface area contributed by atoms with E-state index in [4.69, 9.17) is 27.9 Å². The van der Waals surface area contributed by atoms with Gasteiger partial charge in [-0.1, -0.05) is 41.4 Å². The molecule has 2 amide bonds. The number of carbonyl (C=O) groups excluding carboxylic acids is 2. The zero-order valence-corrected chi connectivity index (χ0v) is 23.0. The first-order chi connectivity index (χ1) is 18.3. The van der Waals surface area contributed by atoms with E-state index >= 15 is 0 Å². The van der Waals surface area contributed by atoms with Gasteiger partial charge in [0.05, 0.1) is 18.7 Å². The average molecular weight is 559 g/mol. The number of hydrogen-bond donors (Lipinski definition) is 1. The number of fused-ring (bicyclic) bond motifs is 1. The van der Waals surface area contributed by atoms with Gasteiger partial charge in [-0.2, -0.15) is 0 Å². The highest BCUT2D eigenvalue weighted by Gasteiger charge is 2.31. The Morgan fingerprint density at radius 1 is 1.08 bits per heavy atom. The van der Waals surface area contributed by atoms with Crippen LogP contribution in [0.25, 0.3) is 5.57 Å². The fourth-order valence-corrected chi connectivity index (χ4v) is 6.20. The molecule has 0 bridgehead atoms. The van der Waals surface area contributed by atoms with Gasteiger partial charge in [0.1, 0.15) is 6.61 Å². The molecule has 2 atom stereocenters. The van der Waals surface area contributed by atoms with Gasteiger partial charge in [-0.25, -0.2) is 4.79 Å². The molecule has 1 fully saturated rings. The Balaban J connectivity index is 1.20. The summed E-state index contributed by atoms with van der Waals surface area (Å²) in [4.78, 5) is 31.0. The predicted molar refractivity (Wildman–Crippen MR) is 148 cm³/mol. The first-order valence-corrected chi connectivity index (χ1v) is 13.9. The molecule has 0 spiro atoms. The SMILES string of the molecule is CN(C(=O)OCc1cc(Cl)cc(Cl)c1)C1CCc2ccc(C3=CCN(CC(=O)N4CC[C@@H](O)C4)CC3)cc21. The van der Waals surface area contributed by atoms with Gasteiger partial charge < -0.3 is 19.6 Å². The van der Waals surface area contributed by atoms with Gasteiger partial charge in [0, 0.05) is 43.3 Å². The van der Waals surface area contributed by atoms with E-state index in [0.717, 1.165) is 37.9 Å². The molecule has 1 N–H and O–H groups in total. The minimum absolute atomic E-state index is 0.0467. The molecule has 38 heavy (non-hydrogen) atoms. The van der Waals surface area contributed by atoms with Gasteiger partial charge in [-0.05, 0) is 77.8 Å². The topological polar surface area (TPSA) is 73.3 Å². The van der Waals surface area contributed by atoms with Crippen LogP contribution in [0.2, 0.25) is 10.0 Å². The van der Waals surface area contributed by atoms with Crippen LogP contribution in [0.5, 0.6) is 0 Å². The van der Waals surface area contributed by atoms with Gasteiger partial charge in [0.2, 0.25) is 5.91 Å².